The molecular formula is C14H20N2O. The molecule has 0 amide bonds. The van der Waals surface area contributed by atoms with Crippen LogP contribution in [-0.2, 0) is 0 Å². The Bertz CT molecular complexity index is 353. The zero-order valence-corrected chi connectivity index (χ0v) is 10.4. The van der Waals surface area contributed by atoms with Crippen molar-refractivity contribution in [1.82, 2.24) is 9.97 Å². The fraction of sp³-hybridized carbons (Fsp3) is 0.643. The molecule has 1 aromatic rings. The van der Waals surface area contributed by atoms with Crippen molar-refractivity contribution in [2.45, 2.75) is 51.4 Å². The van der Waals surface area contributed by atoms with Gasteiger partial charge in [-0.25, -0.2) is 9.97 Å². The number of hydrogen-bond acceptors (Lipinski definition) is 3. The van der Waals surface area contributed by atoms with Crippen LogP contribution in [0.2, 0.25) is 0 Å². The van der Waals surface area contributed by atoms with Crippen molar-refractivity contribution in [2.75, 3.05) is 0 Å². The first kappa shape index (κ1) is 12.2. The smallest absolute Gasteiger partial charge is 0.153 e. The Balaban J connectivity index is 1.93. The van der Waals surface area contributed by atoms with Gasteiger partial charge in [-0.2, -0.15) is 0 Å². The summed E-state index contributed by atoms with van der Waals surface area (Å²) in [5.74, 6) is 2.33. The van der Waals surface area contributed by atoms with E-state index in [0.717, 1.165) is 18.0 Å². The van der Waals surface area contributed by atoms with Gasteiger partial charge in [-0.15, -0.1) is 0 Å². The number of hydrogen-bond donors (Lipinski definition) is 0. The Hall–Kier alpha value is -1.25. The van der Waals surface area contributed by atoms with E-state index in [1.54, 1.807) is 12.4 Å². The summed E-state index contributed by atoms with van der Waals surface area (Å²) in [5.41, 5.74) is 0.563. The SMILES string of the molecule is CCCC1CCC(c2ncc(C=O)cn2)CC1. The third-order valence-corrected chi connectivity index (χ3v) is 3.74. The van der Waals surface area contributed by atoms with Gasteiger partial charge in [0.25, 0.3) is 0 Å². The number of carbonyl (C=O) groups excluding carboxylic acids is 1. The summed E-state index contributed by atoms with van der Waals surface area (Å²) >= 11 is 0. The van der Waals surface area contributed by atoms with E-state index >= 15 is 0 Å². The van der Waals surface area contributed by atoms with Gasteiger partial charge in [0.15, 0.2) is 6.29 Å². The predicted octanol–water partition coefficient (Wildman–Crippen LogP) is 3.36. The van der Waals surface area contributed by atoms with E-state index in [0.29, 0.717) is 11.5 Å². The lowest BCUT2D eigenvalue weighted by Crippen LogP contribution is -2.15. The maximum atomic E-state index is 10.5. The molecule has 0 bridgehead atoms. The van der Waals surface area contributed by atoms with Gasteiger partial charge in [-0.1, -0.05) is 19.8 Å². The molecule has 0 saturated heterocycles. The molecule has 3 nitrogen and oxygen atoms in total. The first-order chi connectivity index (χ1) is 8.33. The molecule has 0 N–H and O–H groups in total. The minimum absolute atomic E-state index is 0.504. The summed E-state index contributed by atoms with van der Waals surface area (Å²) in [5, 5.41) is 0. The van der Waals surface area contributed by atoms with E-state index in [2.05, 4.69) is 16.9 Å². The van der Waals surface area contributed by atoms with Crippen LogP contribution in [-0.4, -0.2) is 16.3 Å². The van der Waals surface area contributed by atoms with Gasteiger partial charge in [0.05, 0.1) is 5.56 Å². The molecule has 2 rings (SSSR count). The molecule has 0 unspecified atom stereocenters. The first-order valence-electron chi connectivity index (χ1n) is 6.60. The molecular weight excluding hydrogens is 212 g/mol. The standard InChI is InChI=1S/C14H20N2O/c1-2-3-11-4-6-13(7-5-11)14-15-8-12(10-17)9-16-14/h8-11,13H,2-7H2,1H3. The molecule has 0 aromatic carbocycles. The lowest BCUT2D eigenvalue weighted by Gasteiger charge is -2.27. The van der Waals surface area contributed by atoms with Crippen LogP contribution in [0.1, 0.15) is 67.5 Å². The molecule has 0 atom stereocenters. The lowest BCUT2D eigenvalue weighted by atomic mass is 9.80. The highest BCUT2D eigenvalue weighted by Gasteiger charge is 2.23. The molecule has 1 aliphatic carbocycles. The van der Waals surface area contributed by atoms with Gasteiger partial charge in [-0.3, -0.25) is 4.79 Å². The van der Waals surface area contributed by atoms with E-state index in [-0.39, 0.29) is 0 Å². The van der Waals surface area contributed by atoms with Crippen molar-refractivity contribution >= 4 is 6.29 Å². The number of aromatic nitrogens is 2. The third kappa shape index (κ3) is 3.11. The van der Waals surface area contributed by atoms with Gasteiger partial charge in [-0.05, 0) is 31.6 Å². The Kier molecular flexibility index (Phi) is 4.24. The van der Waals surface area contributed by atoms with Gasteiger partial charge in [0.2, 0.25) is 0 Å². The first-order valence-corrected chi connectivity index (χ1v) is 6.60. The molecule has 1 fully saturated rings. The maximum absolute atomic E-state index is 10.5. The van der Waals surface area contributed by atoms with E-state index in [9.17, 15) is 4.79 Å². The maximum Gasteiger partial charge on any atom is 0.153 e. The molecule has 1 aromatic heterocycles. The van der Waals surface area contributed by atoms with E-state index in [4.69, 9.17) is 0 Å². The van der Waals surface area contributed by atoms with Crippen LogP contribution in [0, 0.1) is 5.92 Å². The topological polar surface area (TPSA) is 42.9 Å². The summed E-state index contributed by atoms with van der Waals surface area (Å²) in [6.07, 6.45) is 11.7. The molecule has 0 aliphatic heterocycles. The fourth-order valence-electron chi connectivity index (χ4n) is 2.74. The van der Waals surface area contributed by atoms with Crippen molar-refractivity contribution in [3.8, 4) is 0 Å². The van der Waals surface area contributed by atoms with Crippen LogP contribution >= 0.6 is 0 Å². The van der Waals surface area contributed by atoms with E-state index in [1.807, 2.05) is 0 Å². The Morgan fingerprint density at radius 1 is 1.24 bits per heavy atom. The number of aldehydes is 1. The molecule has 0 radical (unpaired) electrons. The van der Waals surface area contributed by atoms with Crippen LogP contribution in [0.15, 0.2) is 12.4 Å². The second kappa shape index (κ2) is 5.89. The Labute approximate surface area is 103 Å². The summed E-state index contributed by atoms with van der Waals surface area (Å²) in [4.78, 5) is 19.1. The number of nitrogens with zero attached hydrogens (tertiary/aromatic N) is 2. The van der Waals surface area contributed by atoms with Crippen LogP contribution in [0.3, 0.4) is 0 Å². The molecule has 1 saturated carbocycles. The minimum Gasteiger partial charge on any atom is -0.298 e. The molecule has 17 heavy (non-hydrogen) atoms. The normalized spacial score (nSPS) is 24.5. The van der Waals surface area contributed by atoms with Gasteiger partial charge < -0.3 is 0 Å². The highest BCUT2D eigenvalue weighted by Crippen LogP contribution is 2.35. The second-order valence-electron chi connectivity index (χ2n) is 5.00. The van der Waals surface area contributed by atoms with Crippen LogP contribution < -0.4 is 0 Å². The van der Waals surface area contributed by atoms with Crippen molar-refractivity contribution in [3.05, 3.63) is 23.8 Å². The van der Waals surface area contributed by atoms with Crippen LogP contribution in [0.4, 0.5) is 0 Å². The Morgan fingerprint density at radius 2 is 1.88 bits per heavy atom. The highest BCUT2D eigenvalue weighted by atomic mass is 16.1. The van der Waals surface area contributed by atoms with Crippen molar-refractivity contribution in [2.24, 2.45) is 5.92 Å². The van der Waals surface area contributed by atoms with Crippen LogP contribution in [0.5, 0.6) is 0 Å². The van der Waals surface area contributed by atoms with E-state index in [1.165, 1.54) is 38.5 Å². The van der Waals surface area contributed by atoms with Gasteiger partial charge in [0, 0.05) is 18.3 Å². The second-order valence-corrected chi connectivity index (χ2v) is 5.00. The average molecular weight is 232 g/mol. The zero-order chi connectivity index (χ0) is 12.1. The number of rotatable bonds is 4. The number of carbonyl (C=O) groups is 1. The average Bonchev–Trinajstić information content (AvgIpc) is 2.40. The summed E-state index contributed by atoms with van der Waals surface area (Å²) in [6, 6.07) is 0. The molecule has 1 aliphatic rings. The minimum atomic E-state index is 0.504. The molecule has 3 heteroatoms. The van der Waals surface area contributed by atoms with Gasteiger partial charge >= 0.3 is 0 Å². The zero-order valence-electron chi connectivity index (χ0n) is 10.4. The quantitative estimate of drug-likeness (QED) is 0.747. The molecule has 92 valence electrons. The summed E-state index contributed by atoms with van der Waals surface area (Å²) < 4.78 is 0. The highest BCUT2D eigenvalue weighted by molar-refractivity contribution is 5.73. The summed E-state index contributed by atoms with van der Waals surface area (Å²) in [6.45, 7) is 2.26. The van der Waals surface area contributed by atoms with Crippen molar-refractivity contribution in [3.63, 3.8) is 0 Å². The van der Waals surface area contributed by atoms with Crippen LogP contribution in [0.25, 0.3) is 0 Å². The third-order valence-electron chi connectivity index (χ3n) is 3.74. The molecule has 0 spiro atoms. The van der Waals surface area contributed by atoms with Crippen molar-refractivity contribution in [1.29, 1.82) is 0 Å². The fourth-order valence-corrected chi connectivity index (χ4v) is 2.74. The monoisotopic (exact) mass is 232 g/mol. The Morgan fingerprint density at radius 3 is 2.41 bits per heavy atom. The predicted molar refractivity (Wildman–Crippen MR) is 67.0 cm³/mol. The van der Waals surface area contributed by atoms with E-state index < -0.39 is 0 Å². The lowest BCUT2D eigenvalue weighted by molar-refractivity contribution is 0.112. The largest absolute Gasteiger partial charge is 0.298 e. The summed E-state index contributed by atoms with van der Waals surface area (Å²) in [7, 11) is 0. The molecule has 1 heterocycles. The van der Waals surface area contributed by atoms with Crippen molar-refractivity contribution < 1.29 is 4.79 Å². The van der Waals surface area contributed by atoms with Gasteiger partial charge in [0.1, 0.15) is 5.82 Å².